The van der Waals surface area contributed by atoms with Gasteiger partial charge < -0.3 is 20.4 Å². The number of carboxylic acid groups (broad SMARTS) is 1. The summed E-state index contributed by atoms with van der Waals surface area (Å²) in [5.74, 6) is -0.935. The van der Waals surface area contributed by atoms with Gasteiger partial charge >= 0.3 is 5.97 Å². The lowest BCUT2D eigenvalue weighted by Gasteiger charge is -2.07. The summed E-state index contributed by atoms with van der Waals surface area (Å²) in [6.45, 7) is 5.64. The topological polar surface area (TPSA) is 98.0 Å². The van der Waals surface area contributed by atoms with Crippen molar-refractivity contribution in [3.63, 3.8) is 0 Å². The molecule has 0 rings (SSSR count). The normalized spacial score (nSPS) is 13.6. The molecule has 0 saturated heterocycles. The summed E-state index contributed by atoms with van der Waals surface area (Å²) in [6, 6.07) is 0. The molecule has 0 amide bonds. The highest BCUT2D eigenvalue weighted by molar-refractivity contribution is 5.84. The van der Waals surface area contributed by atoms with Gasteiger partial charge in [0.2, 0.25) is 0 Å². The first-order valence-electron chi connectivity index (χ1n) is 3.68. The lowest BCUT2D eigenvalue weighted by molar-refractivity contribution is -0.132. The number of rotatable bonds is 3. The van der Waals surface area contributed by atoms with E-state index in [-0.39, 0.29) is 12.2 Å². The molecule has 78 valence electrons. The molecule has 0 spiro atoms. The molecule has 0 aromatic rings. The SMILES string of the molecule is C=C(C)C(=O)O.CC(O)C(O)CO. The Morgan fingerprint density at radius 1 is 1.46 bits per heavy atom. The molecule has 4 N–H and O–H groups in total. The predicted octanol–water partition coefficient (Wildman–Crippen LogP) is -0.633. The fraction of sp³-hybridized carbons (Fsp3) is 0.625. The largest absolute Gasteiger partial charge is 0.478 e. The van der Waals surface area contributed by atoms with Gasteiger partial charge in [0, 0.05) is 5.57 Å². The van der Waals surface area contributed by atoms with E-state index in [0.29, 0.717) is 0 Å². The molecule has 0 aromatic heterocycles. The minimum absolute atomic E-state index is 0.176. The van der Waals surface area contributed by atoms with Gasteiger partial charge in [-0.3, -0.25) is 0 Å². The van der Waals surface area contributed by atoms with Crippen molar-refractivity contribution in [2.45, 2.75) is 26.1 Å². The standard InChI is InChI=1S/C4H10O3.C4H6O2/c1-3(6)4(7)2-5;1-3(2)4(5)6/h3-7H,2H2,1H3;1H2,2H3,(H,5,6). The average molecular weight is 192 g/mol. The Hall–Kier alpha value is -0.910. The Balaban J connectivity index is 0. The van der Waals surface area contributed by atoms with E-state index in [0.717, 1.165) is 0 Å². The summed E-state index contributed by atoms with van der Waals surface area (Å²) in [6.07, 6.45) is -1.81. The number of aliphatic carboxylic acids is 1. The second-order valence-electron chi connectivity index (χ2n) is 2.58. The van der Waals surface area contributed by atoms with E-state index >= 15 is 0 Å². The second kappa shape index (κ2) is 7.72. The number of aliphatic hydroxyl groups excluding tert-OH is 3. The summed E-state index contributed by atoms with van der Waals surface area (Å²) in [4.78, 5) is 9.60. The van der Waals surface area contributed by atoms with E-state index in [9.17, 15) is 4.79 Å². The number of hydrogen-bond acceptors (Lipinski definition) is 4. The van der Waals surface area contributed by atoms with Crippen LogP contribution in [-0.2, 0) is 4.79 Å². The third-order valence-electron chi connectivity index (χ3n) is 1.11. The van der Waals surface area contributed by atoms with Gasteiger partial charge in [0.05, 0.1) is 12.7 Å². The zero-order valence-corrected chi connectivity index (χ0v) is 7.77. The zero-order chi connectivity index (χ0) is 11.0. The third-order valence-corrected chi connectivity index (χ3v) is 1.11. The molecule has 0 aliphatic heterocycles. The van der Waals surface area contributed by atoms with Crippen LogP contribution in [0.15, 0.2) is 12.2 Å². The molecule has 0 bridgehead atoms. The van der Waals surface area contributed by atoms with Gasteiger partial charge in [-0.05, 0) is 13.8 Å². The van der Waals surface area contributed by atoms with Gasteiger partial charge in [0.25, 0.3) is 0 Å². The van der Waals surface area contributed by atoms with E-state index in [4.69, 9.17) is 20.4 Å². The summed E-state index contributed by atoms with van der Waals surface area (Å²) < 4.78 is 0. The predicted molar refractivity (Wildman–Crippen MR) is 47.2 cm³/mol. The second-order valence-corrected chi connectivity index (χ2v) is 2.58. The Morgan fingerprint density at radius 3 is 1.77 bits per heavy atom. The van der Waals surface area contributed by atoms with Crippen LogP contribution >= 0.6 is 0 Å². The van der Waals surface area contributed by atoms with E-state index in [1.165, 1.54) is 13.8 Å². The highest BCUT2D eigenvalue weighted by atomic mass is 16.4. The van der Waals surface area contributed by atoms with Crippen molar-refractivity contribution < 1.29 is 25.2 Å². The third kappa shape index (κ3) is 11.1. The minimum atomic E-state index is -0.986. The lowest BCUT2D eigenvalue weighted by Crippen LogP contribution is -2.25. The molecule has 0 radical (unpaired) electrons. The van der Waals surface area contributed by atoms with Crippen molar-refractivity contribution in [1.29, 1.82) is 0 Å². The smallest absolute Gasteiger partial charge is 0.330 e. The fourth-order valence-electron chi connectivity index (χ4n) is 0.153. The van der Waals surface area contributed by atoms with E-state index < -0.39 is 18.2 Å². The highest BCUT2D eigenvalue weighted by Crippen LogP contribution is 1.87. The van der Waals surface area contributed by atoms with Crippen LogP contribution < -0.4 is 0 Å². The number of carbonyl (C=O) groups is 1. The highest BCUT2D eigenvalue weighted by Gasteiger charge is 2.06. The molecule has 0 heterocycles. The maximum Gasteiger partial charge on any atom is 0.330 e. The average Bonchev–Trinajstić information content (AvgIpc) is 2.03. The van der Waals surface area contributed by atoms with Crippen LogP contribution in [0.2, 0.25) is 0 Å². The van der Waals surface area contributed by atoms with Crippen LogP contribution in [0.25, 0.3) is 0 Å². The zero-order valence-electron chi connectivity index (χ0n) is 7.77. The monoisotopic (exact) mass is 192 g/mol. The van der Waals surface area contributed by atoms with Crippen LogP contribution in [0.5, 0.6) is 0 Å². The van der Waals surface area contributed by atoms with Crippen LogP contribution in [0.1, 0.15) is 13.8 Å². The number of hydrogen-bond donors (Lipinski definition) is 4. The number of aliphatic hydroxyl groups is 3. The van der Waals surface area contributed by atoms with Crippen molar-refractivity contribution >= 4 is 5.97 Å². The summed E-state index contributed by atoms with van der Waals surface area (Å²) in [5.41, 5.74) is 0.176. The Kier molecular flexibility index (Phi) is 8.68. The quantitative estimate of drug-likeness (QED) is 0.446. The molecule has 2 atom stereocenters. The van der Waals surface area contributed by atoms with Crippen LogP contribution in [0.3, 0.4) is 0 Å². The molecule has 0 aliphatic carbocycles. The minimum Gasteiger partial charge on any atom is -0.478 e. The van der Waals surface area contributed by atoms with Crippen molar-refractivity contribution in [2.24, 2.45) is 0 Å². The Labute approximate surface area is 76.9 Å². The molecular formula is C8H16O5. The van der Waals surface area contributed by atoms with Crippen molar-refractivity contribution in [2.75, 3.05) is 6.61 Å². The molecule has 0 saturated carbocycles. The van der Waals surface area contributed by atoms with Crippen molar-refractivity contribution in [3.8, 4) is 0 Å². The van der Waals surface area contributed by atoms with E-state index in [1.807, 2.05) is 0 Å². The van der Waals surface area contributed by atoms with E-state index in [2.05, 4.69) is 6.58 Å². The van der Waals surface area contributed by atoms with Gasteiger partial charge in [-0.15, -0.1) is 0 Å². The van der Waals surface area contributed by atoms with Gasteiger partial charge in [0.1, 0.15) is 6.10 Å². The molecular weight excluding hydrogens is 176 g/mol. The molecule has 5 heteroatoms. The van der Waals surface area contributed by atoms with Crippen LogP contribution in [0, 0.1) is 0 Å². The lowest BCUT2D eigenvalue weighted by atomic mass is 10.2. The van der Waals surface area contributed by atoms with Crippen LogP contribution in [0.4, 0.5) is 0 Å². The molecule has 2 unspecified atom stereocenters. The summed E-state index contributed by atoms with van der Waals surface area (Å²) >= 11 is 0. The first kappa shape index (κ1) is 14.6. The first-order valence-corrected chi connectivity index (χ1v) is 3.68. The maximum absolute atomic E-state index is 9.60. The maximum atomic E-state index is 9.60. The van der Waals surface area contributed by atoms with Gasteiger partial charge in [-0.25, -0.2) is 4.79 Å². The van der Waals surface area contributed by atoms with Crippen molar-refractivity contribution in [3.05, 3.63) is 12.2 Å². The molecule has 5 nitrogen and oxygen atoms in total. The number of carboxylic acids is 1. The molecule has 0 fully saturated rings. The van der Waals surface area contributed by atoms with Crippen LogP contribution in [-0.4, -0.2) is 45.2 Å². The van der Waals surface area contributed by atoms with E-state index in [1.54, 1.807) is 0 Å². The van der Waals surface area contributed by atoms with Gasteiger partial charge in [-0.1, -0.05) is 6.58 Å². The molecule has 0 aliphatic rings. The summed E-state index contributed by atoms with van der Waals surface area (Å²) in [5, 5.41) is 32.8. The van der Waals surface area contributed by atoms with Crippen molar-refractivity contribution in [1.82, 2.24) is 0 Å². The van der Waals surface area contributed by atoms with Gasteiger partial charge in [0.15, 0.2) is 0 Å². The Morgan fingerprint density at radius 2 is 1.77 bits per heavy atom. The Bertz CT molecular complexity index is 152. The fourth-order valence-corrected chi connectivity index (χ4v) is 0.153. The first-order chi connectivity index (χ1) is 5.82. The van der Waals surface area contributed by atoms with Gasteiger partial charge in [-0.2, -0.15) is 0 Å². The summed E-state index contributed by atoms with van der Waals surface area (Å²) in [7, 11) is 0. The molecule has 0 aromatic carbocycles. The molecule has 13 heavy (non-hydrogen) atoms.